The first kappa shape index (κ1) is 19.6. The first-order chi connectivity index (χ1) is 14.2. The molecule has 1 N–H and O–H groups in total. The summed E-state index contributed by atoms with van der Waals surface area (Å²) in [7, 11) is 0. The highest BCUT2D eigenvalue weighted by molar-refractivity contribution is 8.00. The average Bonchev–Trinajstić information content (AvgIpc) is 3.17. The molecular weight excluding hydrogens is 382 g/mol. The van der Waals surface area contributed by atoms with Gasteiger partial charge < -0.3 is 15.1 Å². The topological polar surface area (TPSA) is 52.7 Å². The number of piperidine rings is 1. The van der Waals surface area contributed by atoms with Gasteiger partial charge in [0.25, 0.3) is 0 Å². The average molecular weight is 408 g/mol. The molecule has 2 heterocycles. The summed E-state index contributed by atoms with van der Waals surface area (Å²) in [6.07, 6.45) is 5.15. The fraction of sp³-hybridized carbons (Fsp3) is 0.304. The van der Waals surface area contributed by atoms with Crippen LogP contribution in [0.4, 0.5) is 10.5 Å². The van der Waals surface area contributed by atoms with Crippen molar-refractivity contribution in [1.29, 1.82) is 0 Å². The Hall–Kier alpha value is -2.73. The predicted octanol–water partition coefficient (Wildman–Crippen LogP) is 4.30. The van der Waals surface area contributed by atoms with Crippen LogP contribution >= 0.6 is 11.8 Å². The second-order valence-corrected chi connectivity index (χ2v) is 8.77. The number of carbonyl (C=O) groups excluding carboxylic acids is 2. The van der Waals surface area contributed by atoms with Crippen molar-refractivity contribution in [3.63, 3.8) is 0 Å². The zero-order valence-corrected chi connectivity index (χ0v) is 17.1. The van der Waals surface area contributed by atoms with E-state index >= 15 is 0 Å². The van der Waals surface area contributed by atoms with E-state index in [1.165, 1.54) is 0 Å². The number of rotatable bonds is 3. The molecule has 6 heteroatoms. The Morgan fingerprint density at radius 3 is 2.28 bits per heavy atom. The zero-order chi connectivity index (χ0) is 20.1. The third-order valence-electron chi connectivity index (χ3n) is 5.52. The van der Waals surface area contributed by atoms with Crippen molar-refractivity contribution in [3.05, 3.63) is 72.3 Å². The number of hydrogen-bond donors (Lipinski definition) is 1. The van der Waals surface area contributed by atoms with Crippen molar-refractivity contribution >= 4 is 35.5 Å². The van der Waals surface area contributed by atoms with Crippen molar-refractivity contribution in [2.24, 2.45) is 0 Å². The first-order valence-corrected chi connectivity index (χ1v) is 10.9. The number of benzene rings is 2. The van der Waals surface area contributed by atoms with Gasteiger partial charge in [-0.25, -0.2) is 4.79 Å². The van der Waals surface area contributed by atoms with Crippen molar-refractivity contribution in [3.8, 4) is 0 Å². The SMILES string of the molecule is O=C(Nc1ccccc1)N1CCC2(CC1)SCCN2C(=O)C=Cc1ccccc1. The van der Waals surface area contributed by atoms with Gasteiger partial charge in [0, 0.05) is 37.2 Å². The molecule has 0 aromatic heterocycles. The van der Waals surface area contributed by atoms with Gasteiger partial charge in [0.15, 0.2) is 0 Å². The molecule has 29 heavy (non-hydrogen) atoms. The maximum Gasteiger partial charge on any atom is 0.321 e. The molecule has 0 atom stereocenters. The van der Waals surface area contributed by atoms with Gasteiger partial charge in [-0.2, -0.15) is 0 Å². The van der Waals surface area contributed by atoms with Gasteiger partial charge in [0.1, 0.15) is 0 Å². The number of nitrogens with one attached hydrogen (secondary N) is 1. The largest absolute Gasteiger partial charge is 0.324 e. The summed E-state index contributed by atoms with van der Waals surface area (Å²) in [5.41, 5.74) is 1.82. The summed E-state index contributed by atoms with van der Waals surface area (Å²) in [6.45, 7) is 2.06. The van der Waals surface area contributed by atoms with Gasteiger partial charge in [0.05, 0.1) is 4.87 Å². The van der Waals surface area contributed by atoms with Crippen LogP contribution in [0, 0.1) is 0 Å². The molecule has 4 rings (SSSR count). The fourth-order valence-electron chi connectivity index (χ4n) is 3.94. The second-order valence-electron chi connectivity index (χ2n) is 7.31. The number of thioether (sulfide) groups is 1. The number of carbonyl (C=O) groups is 2. The van der Waals surface area contributed by atoms with E-state index in [1.54, 1.807) is 6.08 Å². The Balaban J connectivity index is 1.37. The molecule has 1 spiro atoms. The van der Waals surface area contributed by atoms with Crippen LogP contribution in [-0.4, -0.2) is 52.0 Å². The molecule has 2 aromatic rings. The Morgan fingerprint density at radius 1 is 0.931 bits per heavy atom. The van der Waals surface area contributed by atoms with E-state index in [0.717, 1.165) is 36.4 Å². The Bertz CT molecular complexity index is 878. The molecule has 3 amide bonds. The van der Waals surface area contributed by atoms with Gasteiger partial charge in [-0.3, -0.25) is 4.79 Å². The van der Waals surface area contributed by atoms with E-state index in [4.69, 9.17) is 0 Å². The van der Waals surface area contributed by atoms with Crippen molar-refractivity contribution in [2.45, 2.75) is 17.7 Å². The number of urea groups is 1. The summed E-state index contributed by atoms with van der Waals surface area (Å²) in [5.74, 6) is 1.00. The monoisotopic (exact) mass is 407 g/mol. The summed E-state index contributed by atoms with van der Waals surface area (Å²) in [4.78, 5) is 29.1. The number of para-hydroxylation sites is 1. The van der Waals surface area contributed by atoms with Crippen LogP contribution in [-0.2, 0) is 4.79 Å². The molecule has 0 bridgehead atoms. The number of hydrogen-bond acceptors (Lipinski definition) is 3. The Labute approximate surface area is 175 Å². The summed E-state index contributed by atoms with van der Waals surface area (Å²) in [6, 6.07) is 19.3. The second kappa shape index (κ2) is 8.74. The molecule has 2 fully saturated rings. The lowest BCUT2D eigenvalue weighted by atomic mass is 10.0. The molecule has 150 valence electrons. The van der Waals surface area contributed by atoms with E-state index in [2.05, 4.69) is 5.32 Å². The van der Waals surface area contributed by atoms with Crippen LogP contribution in [0.25, 0.3) is 6.08 Å². The van der Waals surface area contributed by atoms with Gasteiger partial charge in [0.2, 0.25) is 5.91 Å². The summed E-state index contributed by atoms with van der Waals surface area (Å²) < 4.78 is 0. The summed E-state index contributed by atoms with van der Waals surface area (Å²) >= 11 is 1.85. The van der Waals surface area contributed by atoms with Crippen LogP contribution in [0.2, 0.25) is 0 Å². The van der Waals surface area contributed by atoms with Crippen molar-refractivity contribution in [2.75, 3.05) is 30.7 Å². The molecule has 0 saturated carbocycles. The van der Waals surface area contributed by atoms with Crippen LogP contribution in [0.1, 0.15) is 18.4 Å². The van der Waals surface area contributed by atoms with Gasteiger partial charge >= 0.3 is 6.03 Å². The third kappa shape index (κ3) is 4.48. The molecule has 0 radical (unpaired) electrons. The number of amides is 3. The molecule has 2 aliphatic heterocycles. The highest BCUT2D eigenvalue weighted by Crippen LogP contribution is 2.44. The van der Waals surface area contributed by atoms with Crippen LogP contribution < -0.4 is 5.32 Å². The van der Waals surface area contributed by atoms with Gasteiger partial charge in [-0.15, -0.1) is 11.8 Å². The molecule has 2 saturated heterocycles. The molecule has 0 unspecified atom stereocenters. The number of nitrogens with zero attached hydrogens (tertiary/aromatic N) is 2. The minimum Gasteiger partial charge on any atom is -0.324 e. The van der Waals surface area contributed by atoms with Crippen molar-refractivity contribution < 1.29 is 9.59 Å². The highest BCUT2D eigenvalue weighted by atomic mass is 32.2. The number of likely N-dealkylation sites (tertiary alicyclic amines) is 1. The van der Waals surface area contributed by atoms with Gasteiger partial charge in [-0.05, 0) is 36.6 Å². The Kier molecular flexibility index (Phi) is 5.90. The lowest BCUT2D eigenvalue weighted by Gasteiger charge is -2.43. The lowest BCUT2D eigenvalue weighted by molar-refractivity contribution is -0.129. The predicted molar refractivity (Wildman–Crippen MR) is 119 cm³/mol. The third-order valence-corrected chi connectivity index (χ3v) is 7.07. The van der Waals surface area contributed by atoms with E-state index in [1.807, 2.05) is 88.3 Å². The standard InChI is InChI=1S/C23H25N3O2S/c27-21(12-11-19-7-3-1-4-8-19)26-17-18-29-23(26)13-15-25(16-14-23)22(28)24-20-9-5-2-6-10-20/h1-12H,13-18H2,(H,24,28). The van der Waals surface area contributed by atoms with Crippen molar-refractivity contribution in [1.82, 2.24) is 9.80 Å². The highest BCUT2D eigenvalue weighted by Gasteiger charge is 2.46. The normalized spacial score (nSPS) is 18.3. The molecule has 2 aliphatic rings. The van der Waals surface area contributed by atoms with Gasteiger partial charge in [-0.1, -0.05) is 48.5 Å². The zero-order valence-electron chi connectivity index (χ0n) is 16.3. The number of anilines is 1. The van der Waals surface area contributed by atoms with E-state index in [0.29, 0.717) is 13.1 Å². The smallest absolute Gasteiger partial charge is 0.321 e. The van der Waals surface area contributed by atoms with E-state index in [9.17, 15) is 9.59 Å². The molecule has 0 aliphatic carbocycles. The van der Waals surface area contributed by atoms with Crippen LogP contribution in [0.15, 0.2) is 66.7 Å². The first-order valence-electron chi connectivity index (χ1n) is 9.96. The molecule has 5 nitrogen and oxygen atoms in total. The van der Waals surface area contributed by atoms with Crippen LogP contribution in [0.3, 0.4) is 0 Å². The maximum atomic E-state index is 12.9. The van der Waals surface area contributed by atoms with E-state index < -0.39 is 0 Å². The quantitative estimate of drug-likeness (QED) is 0.772. The fourth-order valence-corrected chi connectivity index (χ4v) is 5.40. The molecule has 2 aromatic carbocycles. The lowest BCUT2D eigenvalue weighted by Crippen LogP contribution is -2.53. The molecular formula is C23H25N3O2S. The van der Waals surface area contributed by atoms with Crippen LogP contribution in [0.5, 0.6) is 0 Å². The minimum atomic E-state index is -0.193. The maximum absolute atomic E-state index is 12.9. The Morgan fingerprint density at radius 2 is 1.59 bits per heavy atom. The minimum absolute atomic E-state index is 0.0565. The summed E-state index contributed by atoms with van der Waals surface area (Å²) in [5, 5.41) is 2.95. The van der Waals surface area contributed by atoms with E-state index in [-0.39, 0.29) is 16.8 Å².